The summed E-state index contributed by atoms with van der Waals surface area (Å²) < 4.78 is 1.72. The molecule has 19 heavy (non-hydrogen) atoms. The smallest absolute Gasteiger partial charge is 0.109 e. The lowest BCUT2D eigenvalue weighted by atomic mass is 10.0. The molecule has 0 bridgehead atoms. The maximum absolute atomic E-state index is 9.18. The SMILES string of the molecule is CCCCCCCCn1cc(C(N)(CO)CO)nn1. The van der Waals surface area contributed by atoms with Gasteiger partial charge < -0.3 is 15.9 Å². The molecule has 110 valence electrons. The van der Waals surface area contributed by atoms with Gasteiger partial charge in [0.15, 0.2) is 0 Å². The van der Waals surface area contributed by atoms with Crippen LogP contribution in [0.2, 0.25) is 0 Å². The van der Waals surface area contributed by atoms with E-state index in [1.165, 1.54) is 32.1 Å². The molecule has 0 radical (unpaired) electrons. The summed E-state index contributed by atoms with van der Waals surface area (Å²) in [4.78, 5) is 0. The fraction of sp³-hybridized carbons (Fsp3) is 0.846. The molecular formula is C13H26N4O2. The van der Waals surface area contributed by atoms with E-state index in [-0.39, 0.29) is 13.2 Å². The largest absolute Gasteiger partial charge is 0.394 e. The molecule has 0 aromatic carbocycles. The minimum atomic E-state index is -1.20. The fourth-order valence-corrected chi connectivity index (χ4v) is 1.90. The number of aromatic nitrogens is 3. The van der Waals surface area contributed by atoms with E-state index >= 15 is 0 Å². The Bertz CT molecular complexity index is 350. The first kappa shape index (κ1) is 16.1. The van der Waals surface area contributed by atoms with Crippen LogP contribution in [0.4, 0.5) is 0 Å². The fourth-order valence-electron chi connectivity index (χ4n) is 1.90. The zero-order chi connectivity index (χ0) is 14.1. The van der Waals surface area contributed by atoms with Crippen LogP contribution in [0.5, 0.6) is 0 Å². The van der Waals surface area contributed by atoms with Crippen LogP contribution in [0.15, 0.2) is 6.20 Å². The Balaban J connectivity index is 2.35. The molecule has 0 fully saturated rings. The predicted octanol–water partition coefficient (Wildman–Crippen LogP) is 0.777. The molecule has 4 N–H and O–H groups in total. The highest BCUT2D eigenvalue weighted by Crippen LogP contribution is 2.14. The van der Waals surface area contributed by atoms with Gasteiger partial charge in [0, 0.05) is 6.54 Å². The van der Waals surface area contributed by atoms with E-state index in [2.05, 4.69) is 17.2 Å². The molecule has 0 atom stereocenters. The monoisotopic (exact) mass is 270 g/mol. The van der Waals surface area contributed by atoms with E-state index in [4.69, 9.17) is 5.73 Å². The Morgan fingerprint density at radius 2 is 1.79 bits per heavy atom. The summed E-state index contributed by atoms with van der Waals surface area (Å²) in [7, 11) is 0. The Labute approximate surface area is 114 Å². The second kappa shape index (κ2) is 8.24. The first-order valence-electron chi connectivity index (χ1n) is 7.07. The number of hydrogen-bond acceptors (Lipinski definition) is 5. The van der Waals surface area contributed by atoms with Gasteiger partial charge in [-0.2, -0.15) is 0 Å². The first-order valence-corrected chi connectivity index (χ1v) is 7.07. The van der Waals surface area contributed by atoms with E-state index in [0.717, 1.165) is 13.0 Å². The van der Waals surface area contributed by atoms with E-state index in [1.807, 2.05) is 0 Å². The molecule has 1 rings (SSSR count). The highest BCUT2D eigenvalue weighted by molar-refractivity contribution is 5.09. The summed E-state index contributed by atoms with van der Waals surface area (Å²) in [5.41, 5.74) is 5.06. The topological polar surface area (TPSA) is 97.2 Å². The van der Waals surface area contributed by atoms with Gasteiger partial charge in [0.1, 0.15) is 11.2 Å². The first-order chi connectivity index (χ1) is 9.16. The molecule has 0 saturated heterocycles. The van der Waals surface area contributed by atoms with Gasteiger partial charge >= 0.3 is 0 Å². The second-order valence-corrected chi connectivity index (χ2v) is 5.11. The predicted molar refractivity (Wildman–Crippen MR) is 73.4 cm³/mol. The summed E-state index contributed by atoms with van der Waals surface area (Å²) in [6.07, 6.45) is 9.05. The number of hydrogen-bond donors (Lipinski definition) is 3. The minimum Gasteiger partial charge on any atom is -0.394 e. The lowest BCUT2D eigenvalue weighted by Crippen LogP contribution is -2.44. The van der Waals surface area contributed by atoms with Crippen molar-refractivity contribution < 1.29 is 10.2 Å². The van der Waals surface area contributed by atoms with Crippen molar-refractivity contribution in [1.82, 2.24) is 15.0 Å². The van der Waals surface area contributed by atoms with Crippen molar-refractivity contribution in [1.29, 1.82) is 0 Å². The van der Waals surface area contributed by atoms with Crippen LogP contribution in [0.1, 0.15) is 51.1 Å². The van der Waals surface area contributed by atoms with Gasteiger partial charge in [0.25, 0.3) is 0 Å². The lowest BCUT2D eigenvalue weighted by Gasteiger charge is -2.20. The van der Waals surface area contributed by atoms with Crippen LogP contribution in [0.3, 0.4) is 0 Å². The van der Waals surface area contributed by atoms with E-state index < -0.39 is 5.54 Å². The summed E-state index contributed by atoms with van der Waals surface area (Å²) in [6, 6.07) is 0. The van der Waals surface area contributed by atoms with Crippen molar-refractivity contribution >= 4 is 0 Å². The molecule has 0 aliphatic rings. The van der Waals surface area contributed by atoms with Crippen LogP contribution in [-0.4, -0.2) is 38.4 Å². The molecule has 1 aromatic rings. The van der Waals surface area contributed by atoms with Gasteiger partial charge in [-0.05, 0) is 6.42 Å². The third-order valence-corrected chi connectivity index (χ3v) is 3.35. The van der Waals surface area contributed by atoms with Gasteiger partial charge in [-0.3, -0.25) is 4.68 Å². The van der Waals surface area contributed by atoms with Crippen LogP contribution in [0.25, 0.3) is 0 Å². The maximum Gasteiger partial charge on any atom is 0.109 e. The van der Waals surface area contributed by atoms with Crippen LogP contribution >= 0.6 is 0 Å². The minimum absolute atomic E-state index is 0.348. The summed E-state index contributed by atoms with van der Waals surface area (Å²) in [5.74, 6) is 0. The Morgan fingerprint density at radius 1 is 1.16 bits per heavy atom. The van der Waals surface area contributed by atoms with Gasteiger partial charge in [0.2, 0.25) is 0 Å². The van der Waals surface area contributed by atoms with Gasteiger partial charge in [0.05, 0.1) is 19.4 Å². The Hall–Kier alpha value is -0.980. The average molecular weight is 270 g/mol. The number of aliphatic hydroxyl groups is 2. The number of nitrogens with two attached hydrogens (primary N) is 1. The number of rotatable bonds is 10. The zero-order valence-electron chi connectivity index (χ0n) is 11.8. The maximum atomic E-state index is 9.18. The lowest BCUT2D eigenvalue weighted by molar-refractivity contribution is 0.118. The molecular weight excluding hydrogens is 244 g/mol. The molecule has 1 aromatic heterocycles. The number of unbranched alkanes of at least 4 members (excludes halogenated alkanes) is 5. The van der Waals surface area contributed by atoms with Crippen molar-refractivity contribution in [2.45, 2.75) is 57.5 Å². The molecule has 0 spiro atoms. The molecule has 0 amide bonds. The zero-order valence-corrected chi connectivity index (χ0v) is 11.8. The van der Waals surface area contributed by atoms with Gasteiger partial charge in [-0.15, -0.1) is 5.10 Å². The number of nitrogens with zero attached hydrogens (tertiary/aromatic N) is 3. The molecule has 0 aliphatic carbocycles. The second-order valence-electron chi connectivity index (χ2n) is 5.11. The van der Waals surface area contributed by atoms with E-state index in [0.29, 0.717) is 5.69 Å². The van der Waals surface area contributed by atoms with Crippen molar-refractivity contribution in [2.75, 3.05) is 13.2 Å². The summed E-state index contributed by atoms with van der Waals surface area (Å²) in [5, 5.41) is 26.3. The molecule has 0 saturated carbocycles. The Morgan fingerprint density at radius 3 is 2.42 bits per heavy atom. The number of aliphatic hydroxyl groups excluding tert-OH is 2. The van der Waals surface area contributed by atoms with Crippen LogP contribution in [0, 0.1) is 0 Å². The highest BCUT2D eigenvalue weighted by Gasteiger charge is 2.29. The number of aryl methyl sites for hydroxylation is 1. The van der Waals surface area contributed by atoms with Crippen molar-refractivity contribution in [3.8, 4) is 0 Å². The van der Waals surface area contributed by atoms with E-state index in [9.17, 15) is 10.2 Å². The quantitative estimate of drug-likeness (QED) is 0.546. The molecule has 6 heteroatoms. The molecule has 1 heterocycles. The standard InChI is InChI=1S/C13H26N4O2/c1-2-3-4-5-6-7-8-17-9-12(15-16-17)13(14,10-18)11-19/h9,18-19H,2-8,10-11,14H2,1H3. The average Bonchev–Trinajstić information content (AvgIpc) is 2.91. The van der Waals surface area contributed by atoms with Crippen LogP contribution in [-0.2, 0) is 12.1 Å². The summed E-state index contributed by atoms with van der Waals surface area (Å²) in [6.45, 7) is 2.31. The Kier molecular flexibility index (Phi) is 6.97. The van der Waals surface area contributed by atoms with Gasteiger partial charge in [-0.25, -0.2) is 0 Å². The molecule has 6 nitrogen and oxygen atoms in total. The molecule has 0 unspecified atom stereocenters. The molecule has 0 aliphatic heterocycles. The summed E-state index contributed by atoms with van der Waals surface area (Å²) >= 11 is 0. The third-order valence-electron chi connectivity index (χ3n) is 3.35. The van der Waals surface area contributed by atoms with Crippen molar-refractivity contribution in [2.24, 2.45) is 5.73 Å². The van der Waals surface area contributed by atoms with Crippen molar-refractivity contribution in [3.05, 3.63) is 11.9 Å². The normalized spacial score (nSPS) is 12.0. The van der Waals surface area contributed by atoms with Crippen LogP contribution < -0.4 is 5.73 Å². The van der Waals surface area contributed by atoms with E-state index in [1.54, 1.807) is 10.9 Å². The van der Waals surface area contributed by atoms with Crippen molar-refractivity contribution in [3.63, 3.8) is 0 Å². The highest BCUT2D eigenvalue weighted by atomic mass is 16.3. The third kappa shape index (κ3) is 4.89. The van der Waals surface area contributed by atoms with Gasteiger partial charge in [-0.1, -0.05) is 44.2 Å².